The van der Waals surface area contributed by atoms with Crippen LogP contribution in [0.3, 0.4) is 0 Å². The summed E-state index contributed by atoms with van der Waals surface area (Å²) in [5, 5.41) is 15.6. The third-order valence-corrected chi connectivity index (χ3v) is 35.9. The summed E-state index contributed by atoms with van der Waals surface area (Å²) in [4.78, 5) is 33.4. The average Bonchev–Trinajstić information content (AvgIpc) is 1.60. The number of benzene rings is 4. The molecular weight excluding hydrogens is 1200 g/mol. The lowest BCUT2D eigenvalue weighted by atomic mass is 10.1. The smallest absolute Gasteiger partial charge is 0.269 e. The van der Waals surface area contributed by atoms with Gasteiger partial charge in [-0.05, 0) is 160 Å². The highest BCUT2D eigenvalue weighted by Crippen LogP contribution is 2.44. The second-order valence-corrected chi connectivity index (χ2v) is 47.4. The highest BCUT2D eigenvalue weighted by Gasteiger charge is 2.44. The van der Waals surface area contributed by atoms with Crippen molar-refractivity contribution in [3.8, 4) is 23.0 Å². The fourth-order valence-electron chi connectivity index (χ4n) is 7.40. The summed E-state index contributed by atoms with van der Waals surface area (Å²) >= 11 is 12.9. The molecule has 5 rings (SSSR count). The summed E-state index contributed by atoms with van der Waals surface area (Å²) in [6, 6.07) is 14.0. The minimum absolute atomic E-state index is 0. The Labute approximate surface area is 525 Å². The molecule has 1 aromatic heterocycles. The number of hydrazine groups is 1. The first-order chi connectivity index (χ1) is 38.7. The van der Waals surface area contributed by atoms with Crippen LogP contribution in [0.4, 0.5) is 31.5 Å². The molecule has 472 valence electrons. The predicted molar refractivity (Wildman–Crippen MR) is 358 cm³/mol. The van der Waals surface area contributed by atoms with Crippen molar-refractivity contribution in [1.29, 1.82) is 0 Å². The zero-order valence-corrected chi connectivity index (χ0v) is 59.8. The van der Waals surface area contributed by atoms with Crippen LogP contribution in [0.25, 0.3) is 21.1 Å². The average molecular weight is 1300 g/mol. The Hall–Kier alpha value is -5.63. The molecule has 2 amide bonds. The Morgan fingerprint density at radius 2 is 1.01 bits per heavy atom. The van der Waals surface area contributed by atoms with Crippen LogP contribution in [0.2, 0.25) is 82.6 Å². The van der Waals surface area contributed by atoms with Crippen molar-refractivity contribution in [2.75, 3.05) is 10.6 Å². The number of hydrogen-bond donors (Lipinski definition) is 4. The number of aromatic nitrogens is 2. The molecule has 0 fully saturated rings. The number of nitrogens with one attached hydrogen (secondary N) is 4. The Morgan fingerprint density at radius 3 is 1.43 bits per heavy atom. The van der Waals surface area contributed by atoms with E-state index in [0.29, 0.717) is 39.1 Å². The van der Waals surface area contributed by atoms with E-state index < -0.39 is 74.9 Å². The number of carbonyl (C=O) groups is 2. The van der Waals surface area contributed by atoms with Gasteiger partial charge in [0.15, 0.2) is 28.3 Å². The van der Waals surface area contributed by atoms with E-state index in [9.17, 15) is 14.0 Å². The van der Waals surface area contributed by atoms with E-state index in [4.69, 9.17) is 58.5 Å². The lowest BCUT2D eigenvalue weighted by Crippen LogP contribution is -2.55. The van der Waals surface area contributed by atoms with Crippen LogP contribution in [0.15, 0.2) is 65.1 Å². The summed E-state index contributed by atoms with van der Waals surface area (Å²) < 4.78 is 61.8. The van der Waals surface area contributed by atoms with Gasteiger partial charge in [-0.15, -0.1) is 10.2 Å². The van der Waals surface area contributed by atoms with E-state index in [0.717, 1.165) is 17.3 Å². The maximum atomic E-state index is 15.2. The van der Waals surface area contributed by atoms with Crippen LogP contribution < -0.4 is 30.3 Å². The summed E-state index contributed by atoms with van der Waals surface area (Å²) in [5.74, 6) is -1.61. The second-order valence-electron chi connectivity index (χ2n) is 27.7. The van der Waals surface area contributed by atoms with Crippen LogP contribution in [-0.4, -0.2) is 73.5 Å². The Balaban J connectivity index is 0.000000445. The number of rotatable bonds is 18. The molecule has 4 atom stereocenters. The van der Waals surface area contributed by atoms with E-state index in [1.165, 1.54) is 18.2 Å². The highest BCUT2D eigenvalue weighted by atomic mass is 35.5. The Bertz CT molecular complexity index is 3300. The molecule has 0 bridgehead atoms. The van der Waals surface area contributed by atoms with Gasteiger partial charge < -0.3 is 32.8 Å². The van der Waals surface area contributed by atoms with Crippen LogP contribution >= 0.6 is 23.2 Å². The van der Waals surface area contributed by atoms with Gasteiger partial charge in [0.05, 0.1) is 35.4 Å². The summed E-state index contributed by atoms with van der Waals surface area (Å²) in [6.07, 6.45) is -0.976. The molecule has 0 saturated heterocycles. The molecule has 86 heavy (non-hydrogen) atoms. The van der Waals surface area contributed by atoms with E-state index in [2.05, 4.69) is 164 Å². The summed E-state index contributed by atoms with van der Waals surface area (Å²) in [7, 11) is -8.98. The van der Waals surface area contributed by atoms with E-state index in [1.807, 2.05) is 33.0 Å². The number of amides is 2. The van der Waals surface area contributed by atoms with Gasteiger partial charge in [0.25, 0.3) is 28.4 Å². The third-order valence-electron chi connectivity index (χ3n) is 17.1. The minimum Gasteiger partial charge on any atom is -0.542 e. The van der Waals surface area contributed by atoms with Gasteiger partial charge in [0, 0.05) is 22.5 Å². The van der Waals surface area contributed by atoms with Crippen molar-refractivity contribution in [3.05, 3.63) is 128 Å². The number of anilines is 2. The highest BCUT2D eigenvalue weighted by molar-refractivity contribution is 6.75. The molecule has 0 unspecified atom stereocenters. The van der Waals surface area contributed by atoms with Crippen molar-refractivity contribution in [2.24, 2.45) is 0 Å². The molecule has 0 aliphatic rings. The molecule has 4 N–H and O–H groups in total. The van der Waals surface area contributed by atoms with Crippen molar-refractivity contribution < 1.29 is 40.5 Å². The fraction of sp³-hybridized carbons (Fsp3) is 0.524. The zero-order valence-electron chi connectivity index (χ0n) is 54.2. The maximum Gasteiger partial charge on any atom is 0.269 e. The number of hydrogen-bond acceptors (Lipinski definition) is 11. The molecule has 4 aromatic carbocycles. The van der Waals surface area contributed by atoms with Gasteiger partial charge in [-0.25, -0.2) is 18.5 Å². The van der Waals surface area contributed by atoms with Gasteiger partial charge in [-0.1, -0.05) is 126 Å². The molecule has 0 aliphatic heterocycles. The van der Waals surface area contributed by atoms with Crippen molar-refractivity contribution in [1.82, 2.24) is 21.0 Å². The van der Waals surface area contributed by atoms with Gasteiger partial charge in [0.2, 0.25) is 23.2 Å². The maximum absolute atomic E-state index is 15.2. The van der Waals surface area contributed by atoms with E-state index in [-0.39, 0.29) is 61.7 Å². The molecule has 1 heterocycles. The predicted octanol–water partition coefficient (Wildman–Crippen LogP) is 19.3. The molecule has 0 aliphatic carbocycles. The van der Waals surface area contributed by atoms with Crippen LogP contribution in [0.5, 0.6) is 11.5 Å². The number of carbonyl (C=O) groups excluding carboxylic acids is 2. The Morgan fingerprint density at radius 1 is 0.593 bits per heavy atom. The van der Waals surface area contributed by atoms with E-state index in [1.54, 1.807) is 44.2 Å². The minimum atomic E-state index is -2.30. The van der Waals surface area contributed by atoms with Gasteiger partial charge in [-0.2, -0.15) is 0 Å². The molecular formula is C63H94Cl2F2N8O7Si4. The Kier molecular flexibility index (Phi) is 24.5. The molecule has 0 radical (unpaired) electrons. The number of halogens is 4. The third kappa shape index (κ3) is 18.2. The standard InChI is InChI=1S/C31H46ClFN4O4Si2.C31H44ClFN4O3Si2.CH4/c1-19-23(15-16-24(34-9)26(19)32)35-27(20(2)40-42(10,11)30(3,4)5)29(39)37-36-28(38)21-14-17-25(22(33)18-21)41-43(12,13)31(6,7)8;1-19-23(15-16-24(34-9)26(19)32)35-27(20(2)39-41(10,11)30(3,4)5)29-37-36-28(38-29)21-14-17-25(22(33)18-21)40-42(12,13)31(6,7)8;/h14-18,20,27,35H,1-8,10-13H3,(H,36,38)(H,37,39);14-18,20,27,35H,1-8,10-13H3;1H4/t2*20-,27+;/m00./s1. The topological polar surface area (TPSA) is 167 Å². The first-order valence-corrected chi connectivity index (χ1v) is 40.7. The molecule has 5 aromatic rings. The number of nitrogens with zero attached hydrogens (tertiary/aromatic N) is 4. The summed E-state index contributed by atoms with van der Waals surface area (Å²) in [5.41, 5.74) is 8.61. The van der Waals surface area contributed by atoms with Gasteiger partial charge in [0.1, 0.15) is 23.6 Å². The van der Waals surface area contributed by atoms with Crippen LogP contribution in [0, 0.1) is 38.6 Å². The second kappa shape index (κ2) is 28.2. The molecule has 0 spiro atoms. The zero-order chi connectivity index (χ0) is 65.0. The lowest BCUT2D eigenvalue weighted by Gasteiger charge is -2.40. The molecule has 0 saturated carbocycles. The van der Waals surface area contributed by atoms with Gasteiger partial charge in [-0.3, -0.25) is 20.4 Å². The van der Waals surface area contributed by atoms with E-state index >= 15 is 4.39 Å². The SMILES string of the molecule is C.[C-]#[N+]c1ccc(N[C@@H](C(=O)NNC(=O)c2ccc(O[Si](C)(C)C(C)(C)C)c(F)c2)[C@H](C)O[Si](C)(C)C(C)(C)C)c(C)c1Cl.[C-]#[N+]c1ccc(N[C@@H](c2nnc(-c3ccc(O[Si](C)(C)C(C)(C)C)c(F)c3)o2)[C@H](C)O[Si](C)(C)C(C)(C)C)c(C)c1Cl. The van der Waals surface area contributed by atoms with Crippen LogP contribution in [-0.2, 0) is 13.6 Å². The van der Waals surface area contributed by atoms with Gasteiger partial charge >= 0.3 is 0 Å². The van der Waals surface area contributed by atoms with Crippen molar-refractivity contribution in [3.63, 3.8) is 0 Å². The molecule has 23 heteroatoms. The fourth-order valence-corrected chi connectivity index (χ4v) is 12.7. The van der Waals surface area contributed by atoms with Crippen molar-refractivity contribution in [2.45, 2.75) is 215 Å². The first-order valence-electron chi connectivity index (χ1n) is 28.3. The first kappa shape index (κ1) is 74.6. The summed E-state index contributed by atoms with van der Waals surface area (Å²) in [6.45, 7) is 64.1. The molecule has 15 nitrogen and oxygen atoms in total. The monoisotopic (exact) mass is 1290 g/mol. The lowest BCUT2D eigenvalue weighted by molar-refractivity contribution is -0.124. The van der Waals surface area contributed by atoms with Crippen LogP contribution in [0.1, 0.15) is 138 Å². The quantitative estimate of drug-likeness (QED) is 0.0375. The largest absolute Gasteiger partial charge is 0.542 e. The van der Waals surface area contributed by atoms with Crippen molar-refractivity contribution >= 4 is 91.0 Å². The normalized spacial score (nSPS) is 13.9.